The van der Waals surface area contributed by atoms with Gasteiger partial charge < -0.3 is 15.4 Å². The number of hydrogen-bond acceptors (Lipinski definition) is 3. The van der Waals surface area contributed by atoms with Gasteiger partial charge in [-0.3, -0.25) is 4.79 Å². The number of nitrogens with zero attached hydrogens (tertiary/aromatic N) is 1. The Morgan fingerprint density at radius 3 is 2.33 bits per heavy atom. The van der Waals surface area contributed by atoms with Crippen molar-refractivity contribution in [3.8, 4) is 5.75 Å². The molecule has 0 fully saturated rings. The molecule has 0 spiro atoms. The summed E-state index contributed by atoms with van der Waals surface area (Å²) in [5.41, 5.74) is 7.54. The Kier molecular flexibility index (Phi) is 7.86. The van der Waals surface area contributed by atoms with Crippen molar-refractivity contribution in [2.75, 3.05) is 19.6 Å². The fraction of sp³-hybridized carbons (Fsp3) is 0.435. The van der Waals surface area contributed by atoms with Crippen LogP contribution in [0.25, 0.3) is 0 Å². The quantitative estimate of drug-likeness (QED) is 0.709. The number of rotatable bonds is 9. The molecular formula is C23H32N2O2. The molecule has 2 aromatic carbocycles. The number of benzene rings is 2. The van der Waals surface area contributed by atoms with Gasteiger partial charge in [0.1, 0.15) is 12.4 Å². The van der Waals surface area contributed by atoms with Crippen LogP contribution in [0.5, 0.6) is 5.75 Å². The number of hydrogen-bond donors (Lipinski definition) is 1. The van der Waals surface area contributed by atoms with E-state index in [-0.39, 0.29) is 11.3 Å². The van der Waals surface area contributed by atoms with Crippen LogP contribution in [0, 0.1) is 5.41 Å². The minimum absolute atomic E-state index is 0.0105. The Hall–Kier alpha value is -2.33. The van der Waals surface area contributed by atoms with Gasteiger partial charge in [-0.15, -0.1) is 0 Å². The second-order valence-electron chi connectivity index (χ2n) is 8.02. The van der Waals surface area contributed by atoms with Gasteiger partial charge in [-0.05, 0) is 42.5 Å². The van der Waals surface area contributed by atoms with E-state index in [9.17, 15) is 4.79 Å². The molecule has 2 rings (SSSR count). The highest BCUT2D eigenvalue weighted by atomic mass is 16.5. The van der Waals surface area contributed by atoms with E-state index in [1.807, 2.05) is 59.5 Å². The zero-order valence-electron chi connectivity index (χ0n) is 16.8. The largest absolute Gasteiger partial charge is 0.488 e. The summed E-state index contributed by atoms with van der Waals surface area (Å²) in [6.45, 7) is 8.97. The van der Waals surface area contributed by atoms with Crippen LogP contribution in [0.15, 0.2) is 54.6 Å². The maximum atomic E-state index is 13.2. The molecule has 0 aromatic heterocycles. The molecular weight excluding hydrogens is 336 g/mol. The van der Waals surface area contributed by atoms with Crippen LogP contribution in [0.2, 0.25) is 0 Å². The van der Waals surface area contributed by atoms with Gasteiger partial charge in [0.2, 0.25) is 0 Å². The molecule has 146 valence electrons. The molecule has 0 atom stereocenters. The van der Waals surface area contributed by atoms with Gasteiger partial charge in [0.15, 0.2) is 0 Å². The molecule has 2 N–H and O–H groups in total. The molecule has 0 aliphatic carbocycles. The summed E-state index contributed by atoms with van der Waals surface area (Å²) in [6.07, 6.45) is 1.74. The number of ether oxygens (including phenoxy) is 1. The molecule has 0 radical (unpaired) electrons. The lowest BCUT2D eigenvalue weighted by Gasteiger charge is -2.27. The van der Waals surface area contributed by atoms with Gasteiger partial charge >= 0.3 is 0 Å². The van der Waals surface area contributed by atoms with Crippen molar-refractivity contribution in [1.82, 2.24) is 4.90 Å². The van der Waals surface area contributed by atoms with Gasteiger partial charge in [0.05, 0.1) is 5.56 Å². The monoisotopic (exact) mass is 368 g/mol. The summed E-state index contributed by atoms with van der Waals surface area (Å²) in [5, 5.41) is 0. The molecule has 0 aliphatic heterocycles. The van der Waals surface area contributed by atoms with Crippen LogP contribution in [-0.4, -0.2) is 30.4 Å². The van der Waals surface area contributed by atoms with Gasteiger partial charge in [0.25, 0.3) is 5.91 Å². The first kappa shape index (κ1) is 21.0. The molecule has 0 unspecified atom stereocenters. The lowest BCUT2D eigenvalue weighted by molar-refractivity contribution is 0.0732. The van der Waals surface area contributed by atoms with E-state index in [1.54, 1.807) is 0 Å². The van der Waals surface area contributed by atoms with Gasteiger partial charge in [-0.2, -0.15) is 0 Å². The van der Waals surface area contributed by atoms with Gasteiger partial charge in [-0.25, -0.2) is 0 Å². The first-order valence-electron chi connectivity index (χ1n) is 9.66. The smallest absolute Gasteiger partial charge is 0.257 e. The van der Waals surface area contributed by atoms with Crippen LogP contribution in [0.4, 0.5) is 0 Å². The third-order valence-electron chi connectivity index (χ3n) is 4.41. The fourth-order valence-electron chi connectivity index (χ4n) is 2.74. The molecule has 0 saturated carbocycles. The summed E-state index contributed by atoms with van der Waals surface area (Å²) in [4.78, 5) is 15.1. The summed E-state index contributed by atoms with van der Waals surface area (Å²) >= 11 is 0. The molecule has 1 amide bonds. The second-order valence-corrected chi connectivity index (χ2v) is 8.02. The first-order valence-corrected chi connectivity index (χ1v) is 9.66. The maximum Gasteiger partial charge on any atom is 0.257 e. The van der Waals surface area contributed by atoms with E-state index in [4.69, 9.17) is 10.5 Å². The van der Waals surface area contributed by atoms with Crippen molar-refractivity contribution < 1.29 is 9.53 Å². The van der Waals surface area contributed by atoms with E-state index < -0.39 is 0 Å². The predicted molar refractivity (Wildman–Crippen MR) is 111 cm³/mol. The van der Waals surface area contributed by atoms with E-state index >= 15 is 0 Å². The molecule has 27 heavy (non-hydrogen) atoms. The Bertz CT molecular complexity index is 708. The van der Waals surface area contributed by atoms with E-state index in [0.29, 0.717) is 31.0 Å². The number of carbonyl (C=O) groups is 1. The lowest BCUT2D eigenvalue weighted by Crippen LogP contribution is -2.35. The summed E-state index contributed by atoms with van der Waals surface area (Å²) in [7, 11) is 0. The van der Waals surface area contributed by atoms with Crippen molar-refractivity contribution in [2.24, 2.45) is 11.1 Å². The number of amides is 1. The van der Waals surface area contributed by atoms with Crippen LogP contribution >= 0.6 is 0 Å². The molecule has 0 saturated heterocycles. The third-order valence-corrected chi connectivity index (χ3v) is 4.41. The van der Waals surface area contributed by atoms with E-state index in [2.05, 4.69) is 20.8 Å². The van der Waals surface area contributed by atoms with Crippen LogP contribution in [0.1, 0.15) is 49.5 Å². The van der Waals surface area contributed by atoms with Crippen molar-refractivity contribution in [2.45, 2.75) is 40.2 Å². The maximum absolute atomic E-state index is 13.2. The third kappa shape index (κ3) is 7.06. The molecule has 4 heteroatoms. The van der Waals surface area contributed by atoms with Crippen molar-refractivity contribution in [3.63, 3.8) is 0 Å². The molecule has 0 heterocycles. The predicted octanol–water partition coefficient (Wildman–Crippen LogP) is 4.49. The lowest BCUT2D eigenvalue weighted by atomic mass is 9.92. The average Bonchev–Trinajstić information content (AvgIpc) is 2.66. The zero-order chi connectivity index (χ0) is 19.7. The van der Waals surface area contributed by atoms with Crippen LogP contribution < -0.4 is 10.5 Å². The highest BCUT2D eigenvalue weighted by Crippen LogP contribution is 2.24. The highest BCUT2D eigenvalue weighted by Gasteiger charge is 2.21. The van der Waals surface area contributed by atoms with Crippen LogP contribution in [0.3, 0.4) is 0 Å². The Morgan fingerprint density at radius 1 is 1.00 bits per heavy atom. The second kappa shape index (κ2) is 10.1. The van der Waals surface area contributed by atoms with Crippen molar-refractivity contribution in [1.29, 1.82) is 0 Å². The Balaban J connectivity index is 2.14. The summed E-state index contributed by atoms with van der Waals surface area (Å²) in [6, 6.07) is 17.5. The molecule has 2 aromatic rings. The van der Waals surface area contributed by atoms with E-state index in [1.165, 1.54) is 0 Å². The number of nitrogens with two attached hydrogens (primary N) is 1. The molecule has 0 bridgehead atoms. The Morgan fingerprint density at radius 2 is 1.67 bits per heavy atom. The highest BCUT2D eigenvalue weighted by molar-refractivity contribution is 5.97. The van der Waals surface area contributed by atoms with Crippen molar-refractivity contribution in [3.05, 3.63) is 65.7 Å². The fourth-order valence-corrected chi connectivity index (χ4v) is 2.74. The Labute approximate surface area is 163 Å². The standard InChI is InChI=1S/C23H32N2O2/c1-23(2,3)14-17-25(16-9-15-24)22(26)20-12-7-8-13-21(20)27-18-19-10-5-4-6-11-19/h4-8,10-13H,9,14-18,24H2,1-3H3. The molecule has 0 aliphatic rings. The zero-order valence-corrected chi connectivity index (χ0v) is 16.8. The van der Waals surface area contributed by atoms with Gasteiger partial charge in [0, 0.05) is 13.1 Å². The van der Waals surface area contributed by atoms with Gasteiger partial charge in [-0.1, -0.05) is 63.2 Å². The average molecular weight is 369 g/mol. The minimum atomic E-state index is 0.0105. The summed E-state index contributed by atoms with van der Waals surface area (Å²) < 4.78 is 5.97. The number of para-hydroxylation sites is 1. The topological polar surface area (TPSA) is 55.6 Å². The SMILES string of the molecule is CC(C)(C)CCN(CCCN)C(=O)c1ccccc1OCc1ccccc1. The number of carbonyl (C=O) groups excluding carboxylic acids is 1. The van der Waals surface area contributed by atoms with Crippen LogP contribution in [-0.2, 0) is 6.61 Å². The first-order chi connectivity index (χ1) is 12.9. The molecule has 4 nitrogen and oxygen atoms in total. The minimum Gasteiger partial charge on any atom is -0.488 e. The summed E-state index contributed by atoms with van der Waals surface area (Å²) in [5.74, 6) is 0.635. The van der Waals surface area contributed by atoms with E-state index in [0.717, 1.165) is 24.9 Å². The van der Waals surface area contributed by atoms with Crippen molar-refractivity contribution >= 4 is 5.91 Å². The normalized spacial score (nSPS) is 11.3.